The van der Waals surface area contributed by atoms with Crippen LogP contribution in [0.15, 0.2) is 12.1 Å². The number of piperazine rings is 1. The number of pyridine rings is 1. The molecule has 6 nitrogen and oxygen atoms in total. The minimum atomic E-state index is 0.0820. The van der Waals surface area contributed by atoms with Gasteiger partial charge in [0.1, 0.15) is 5.82 Å². The highest BCUT2D eigenvalue weighted by Crippen LogP contribution is 2.23. The Hall–Kier alpha value is -1.66. The van der Waals surface area contributed by atoms with Crippen molar-refractivity contribution in [3.05, 3.63) is 23.4 Å². The van der Waals surface area contributed by atoms with E-state index in [1.807, 2.05) is 17.9 Å². The average molecular weight is 275 g/mol. The first-order valence-electron chi connectivity index (χ1n) is 7.16. The van der Waals surface area contributed by atoms with Crippen molar-refractivity contribution >= 4 is 11.7 Å². The molecule has 2 fully saturated rings. The van der Waals surface area contributed by atoms with Crippen molar-refractivity contribution in [3.63, 3.8) is 0 Å². The molecule has 1 unspecified atom stereocenters. The van der Waals surface area contributed by atoms with Gasteiger partial charge >= 0.3 is 0 Å². The maximum absolute atomic E-state index is 12.6. The fourth-order valence-electron chi connectivity index (χ4n) is 3.22. The second-order valence-corrected chi connectivity index (χ2v) is 5.61. The van der Waals surface area contributed by atoms with Gasteiger partial charge in [0.05, 0.1) is 0 Å². The Morgan fingerprint density at radius 2 is 2.25 bits per heavy atom. The van der Waals surface area contributed by atoms with Crippen LogP contribution in [0, 0.1) is 6.92 Å². The number of carbonyl (C=O) groups is 1. The summed E-state index contributed by atoms with van der Waals surface area (Å²) in [6.07, 6.45) is 2.46. The number of hydrogen-bond acceptors (Lipinski definition) is 5. The van der Waals surface area contributed by atoms with Gasteiger partial charge < -0.3 is 10.3 Å². The number of nitrogens with one attached hydrogen (secondary N) is 1. The Morgan fingerprint density at radius 1 is 1.40 bits per heavy atom. The van der Waals surface area contributed by atoms with E-state index in [2.05, 4.69) is 15.3 Å². The largest absolute Gasteiger partial charge is 0.336 e. The number of hydrazine groups is 1. The molecule has 20 heavy (non-hydrogen) atoms. The molecule has 2 aliphatic heterocycles. The summed E-state index contributed by atoms with van der Waals surface area (Å²) < 4.78 is 0. The van der Waals surface area contributed by atoms with E-state index in [0.717, 1.165) is 25.3 Å². The van der Waals surface area contributed by atoms with Crippen molar-refractivity contribution in [1.29, 1.82) is 0 Å². The van der Waals surface area contributed by atoms with Crippen LogP contribution in [0.3, 0.4) is 0 Å². The monoisotopic (exact) mass is 275 g/mol. The summed E-state index contributed by atoms with van der Waals surface area (Å²) in [6.45, 7) is 5.69. The molecular weight excluding hydrogens is 254 g/mol. The van der Waals surface area contributed by atoms with Gasteiger partial charge in [0.25, 0.3) is 5.91 Å². The maximum atomic E-state index is 12.6. The number of hydrogen-bond donors (Lipinski definition) is 2. The van der Waals surface area contributed by atoms with E-state index in [1.165, 1.54) is 19.4 Å². The number of rotatable bonds is 2. The molecule has 1 atom stereocenters. The zero-order valence-corrected chi connectivity index (χ0v) is 11.8. The Bertz CT molecular complexity index is 518. The van der Waals surface area contributed by atoms with Crippen LogP contribution in [0.2, 0.25) is 0 Å². The predicted octanol–water partition coefficient (Wildman–Crippen LogP) is 0.596. The second kappa shape index (κ2) is 5.38. The first kappa shape index (κ1) is 13.3. The molecule has 6 heteroatoms. The van der Waals surface area contributed by atoms with E-state index >= 15 is 0 Å². The van der Waals surface area contributed by atoms with Crippen LogP contribution in [0.1, 0.15) is 28.9 Å². The Labute approximate surface area is 118 Å². The third-order valence-electron chi connectivity index (χ3n) is 4.22. The quantitative estimate of drug-likeness (QED) is 0.610. The first-order chi connectivity index (χ1) is 9.67. The molecule has 3 heterocycles. The lowest BCUT2D eigenvalue weighted by Crippen LogP contribution is -2.52. The van der Waals surface area contributed by atoms with Gasteiger partial charge in [-0.15, -0.1) is 0 Å². The molecule has 1 aromatic rings. The number of aryl methyl sites for hydroxylation is 1. The van der Waals surface area contributed by atoms with Gasteiger partial charge in [-0.25, -0.2) is 10.8 Å². The Kier molecular flexibility index (Phi) is 3.58. The van der Waals surface area contributed by atoms with Crippen molar-refractivity contribution < 1.29 is 4.79 Å². The lowest BCUT2D eigenvalue weighted by atomic mass is 10.1. The molecule has 0 aromatic carbocycles. The van der Waals surface area contributed by atoms with Gasteiger partial charge in [0.2, 0.25) is 0 Å². The van der Waals surface area contributed by atoms with Crippen LogP contribution in [0.4, 0.5) is 5.82 Å². The Balaban J connectivity index is 1.77. The van der Waals surface area contributed by atoms with Crippen LogP contribution in [0.5, 0.6) is 0 Å². The maximum Gasteiger partial charge on any atom is 0.254 e. The van der Waals surface area contributed by atoms with Crippen molar-refractivity contribution in [2.24, 2.45) is 5.84 Å². The Morgan fingerprint density at radius 3 is 3.05 bits per heavy atom. The number of carbonyl (C=O) groups excluding carboxylic acids is 1. The van der Waals surface area contributed by atoms with Crippen LogP contribution in [-0.2, 0) is 0 Å². The smallest absolute Gasteiger partial charge is 0.254 e. The van der Waals surface area contributed by atoms with E-state index in [1.54, 1.807) is 6.07 Å². The number of aromatic nitrogens is 1. The third-order valence-corrected chi connectivity index (χ3v) is 4.22. The molecular formula is C14H21N5O. The van der Waals surface area contributed by atoms with Gasteiger partial charge in [-0.05, 0) is 38.4 Å². The van der Waals surface area contributed by atoms with E-state index < -0.39 is 0 Å². The topological polar surface area (TPSA) is 74.5 Å². The summed E-state index contributed by atoms with van der Waals surface area (Å²) in [5.74, 6) is 6.01. The summed E-state index contributed by atoms with van der Waals surface area (Å²) in [4.78, 5) is 21.3. The zero-order valence-electron chi connectivity index (χ0n) is 11.8. The van der Waals surface area contributed by atoms with Crippen molar-refractivity contribution in [3.8, 4) is 0 Å². The normalized spacial score (nSPS) is 22.7. The fourth-order valence-corrected chi connectivity index (χ4v) is 3.22. The van der Waals surface area contributed by atoms with Gasteiger partial charge in [0, 0.05) is 36.9 Å². The first-order valence-corrected chi connectivity index (χ1v) is 7.16. The molecule has 0 radical (unpaired) electrons. The second-order valence-electron chi connectivity index (χ2n) is 5.61. The van der Waals surface area contributed by atoms with Gasteiger partial charge in [-0.2, -0.15) is 0 Å². The van der Waals surface area contributed by atoms with E-state index in [9.17, 15) is 4.79 Å². The summed E-state index contributed by atoms with van der Waals surface area (Å²) >= 11 is 0. The summed E-state index contributed by atoms with van der Waals surface area (Å²) in [5.41, 5.74) is 3.97. The summed E-state index contributed by atoms with van der Waals surface area (Å²) in [7, 11) is 0. The fraction of sp³-hybridized carbons (Fsp3) is 0.571. The number of amides is 1. The standard InChI is InChI=1S/C14H21N5O/c1-10-7-11(8-13(16-10)17-15)14(20)19-6-5-18-4-2-3-12(18)9-19/h7-8,12H,2-6,9,15H2,1H3,(H,16,17). The molecule has 0 spiro atoms. The molecule has 0 aliphatic carbocycles. The highest BCUT2D eigenvalue weighted by molar-refractivity contribution is 5.95. The van der Waals surface area contributed by atoms with Crippen molar-refractivity contribution in [1.82, 2.24) is 14.8 Å². The molecule has 2 aliphatic rings. The van der Waals surface area contributed by atoms with Gasteiger partial charge in [-0.3, -0.25) is 9.69 Å². The SMILES string of the molecule is Cc1cc(C(=O)N2CCN3CCCC3C2)cc(NN)n1. The third kappa shape index (κ3) is 2.48. The van der Waals surface area contributed by atoms with Crippen molar-refractivity contribution in [2.75, 3.05) is 31.6 Å². The number of fused-ring (bicyclic) bond motifs is 1. The van der Waals surface area contributed by atoms with Crippen LogP contribution >= 0.6 is 0 Å². The molecule has 0 bridgehead atoms. The van der Waals surface area contributed by atoms with Crippen LogP contribution in [0.25, 0.3) is 0 Å². The highest BCUT2D eigenvalue weighted by atomic mass is 16.2. The molecule has 1 amide bonds. The number of nitrogens with two attached hydrogens (primary N) is 1. The van der Waals surface area contributed by atoms with Gasteiger partial charge in [0.15, 0.2) is 0 Å². The summed E-state index contributed by atoms with van der Waals surface area (Å²) in [6, 6.07) is 4.09. The highest BCUT2D eigenvalue weighted by Gasteiger charge is 2.32. The molecule has 3 rings (SSSR count). The van der Waals surface area contributed by atoms with Crippen LogP contribution in [-0.4, -0.2) is 52.9 Å². The van der Waals surface area contributed by atoms with E-state index in [-0.39, 0.29) is 5.91 Å². The minimum Gasteiger partial charge on any atom is -0.336 e. The average Bonchev–Trinajstić information content (AvgIpc) is 2.93. The molecule has 1 aromatic heterocycles. The molecule has 2 saturated heterocycles. The number of anilines is 1. The van der Waals surface area contributed by atoms with Crippen LogP contribution < -0.4 is 11.3 Å². The predicted molar refractivity (Wildman–Crippen MR) is 77.3 cm³/mol. The molecule has 108 valence electrons. The minimum absolute atomic E-state index is 0.0820. The zero-order chi connectivity index (χ0) is 14.1. The number of nitrogens with zero attached hydrogens (tertiary/aromatic N) is 3. The lowest BCUT2D eigenvalue weighted by molar-refractivity contribution is 0.0571. The number of nitrogen functional groups attached to an aromatic ring is 1. The lowest BCUT2D eigenvalue weighted by Gasteiger charge is -2.37. The van der Waals surface area contributed by atoms with E-state index in [4.69, 9.17) is 5.84 Å². The van der Waals surface area contributed by atoms with Crippen molar-refractivity contribution in [2.45, 2.75) is 25.8 Å². The van der Waals surface area contributed by atoms with E-state index in [0.29, 0.717) is 17.4 Å². The van der Waals surface area contributed by atoms with Gasteiger partial charge in [-0.1, -0.05) is 0 Å². The molecule has 3 N–H and O–H groups in total. The molecule has 0 saturated carbocycles. The summed E-state index contributed by atoms with van der Waals surface area (Å²) in [5, 5.41) is 0.